The molecule has 7 amide bonds. The molecule has 2 saturated heterocycles. The van der Waals surface area contributed by atoms with Crippen LogP contribution in [-0.2, 0) is 54.5 Å². The molecule has 0 spiro atoms. The maximum absolute atomic E-state index is 13.3. The molecule has 0 aromatic heterocycles. The zero-order valence-corrected chi connectivity index (χ0v) is 50.4. The summed E-state index contributed by atoms with van der Waals surface area (Å²) in [4.78, 5) is 150. The van der Waals surface area contributed by atoms with Crippen molar-refractivity contribution in [3.8, 4) is 0 Å². The minimum absolute atomic E-state index is 0.00364. The van der Waals surface area contributed by atoms with Crippen LogP contribution < -0.4 is 37.6 Å². The van der Waals surface area contributed by atoms with Gasteiger partial charge in [-0.05, 0) is 102 Å². The Labute approximate surface area is 507 Å². The van der Waals surface area contributed by atoms with Crippen molar-refractivity contribution in [3.05, 3.63) is 35.4 Å². The van der Waals surface area contributed by atoms with Crippen molar-refractivity contribution in [2.45, 2.75) is 153 Å². The average molecular weight is 1230 g/mol. The third-order valence-corrected chi connectivity index (χ3v) is 14.9. The van der Waals surface area contributed by atoms with Crippen LogP contribution in [0.25, 0.3) is 0 Å². The van der Waals surface area contributed by atoms with Gasteiger partial charge in [0.25, 0.3) is 5.91 Å². The Morgan fingerprint density at radius 3 is 1.74 bits per heavy atom. The van der Waals surface area contributed by atoms with E-state index in [1.165, 1.54) is 11.8 Å². The Morgan fingerprint density at radius 2 is 1.16 bits per heavy atom. The molecule has 0 aliphatic carbocycles. The SMILES string of the molecule is C[C@@H](NC(=O)c1ccc(CNC(=O)CCCCNC(=O)[C@H](CCCN=C(N)N(C)C)NC(=O)CCCCCC(=O)N[C@@H](CCCCNC(=O)CC[C@H](C(=O)O)N2CCN(CC(=O)O)CCN(CC(=O)O)CC2)C(=O)O)cc1)C(=O)N1CCC[C@H]1B(O)O. The number of guanidine groups is 1. The number of amides is 7. The number of hydrogen-bond acceptors (Lipinski definition) is 17. The summed E-state index contributed by atoms with van der Waals surface area (Å²) in [6, 6.07) is 2.44. The van der Waals surface area contributed by atoms with Gasteiger partial charge in [-0.2, -0.15) is 0 Å². The number of hydrogen-bond donors (Lipinski definition) is 13. The second kappa shape index (κ2) is 40.1. The number of carboxylic acids is 4. The molecular formula is C56H92BN13O17. The molecule has 486 valence electrons. The highest BCUT2D eigenvalue weighted by Crippen LogP contribution is 2.20. The van der Waals surface area contributed by atoms with Crippen molar-refractivity contribution in [2.24, 2.45) is 10.7 Å². The van der Waals surface area contributed by atoms with Gasteiger partial charge in [0.1, 0.15) is 24.2 Å². The van der Waals surface area contributed by atoms with Crippen molar-refractivity contribution in [3.63, 3.8) is 0 Å². The first-order valence-corrected chi connectivity index (χ1v) is 29.9. The number of nitrogens with two attached hydrogens (primary N) is 1. The standard InChI is InChI=1S/C56H92BN13O17/c1-38(53(81)70-28-12-15-44(70)57(86)87)63-51(79)40-21-19-39(20-22-40)35-62-45(71)16-8-10-26-60-52(80)41(14-11-27-61-56(58)66(2)3)64-47(73)17-5-4-6-18-48(74)65-42(54(82)83)13-7-9-25-59-46(72)24-23-43(55(84)85)69-33-31-67(36-49(75)76)29-30-68(32-34-69)37-50(77)78/h19-22,38,41-44,86-87H,4-18,23-37H2,1-3H3,(H2,58,61)(H,59,72)(H,60,80)(H,62,71)(H,63,79)(H,64,73)(H,65,74)(H,75,76)(H,77,78)(H,82,83)(H,84,85)/t38-,41+,42+,43-,44+/m1/s1. The van der Waals surface area contributed by atoms with Gasteiger partial charge in [0.2, 0.25) is 35.4 Å². The topological polar surface area (TPSA) is 436 Å². The van der Waals surface area contributed by atoms with Gasteiger partial charge >= 0.3 is 31.0 Å². The quantitative estimate of drug-likeness (QED) is 0.0146. The van der Waals surface area contributed by atoms with E-state index in [2.05, 4.69) is 36.9 Å². The van der Waals surface area contributed by atoms with Crippen molar-refractivity contribution in [1.29, 1.82) is 0 Å². The number of rotatable bonds is 39. The molecule has 2 heterocycles. The van der Waals surface area contributed by atoms with Gasteiger partial charge in [-0.15, -0.1) is 0 Å². The monoisotopic (exact) mass is 1230 g/mol. The highest BCUT2D eigenvalue weighted by Gasteiger charge is 2.39. The van der Waals surface area contributed by atoms with Gasteiger partial charge in [-0.25, -0.2) is 4.79 Å². The number of carboxylic acid groups (broad SMARTS) is 4. The summed E-state index contributed by atoms with van der Waals surface area (Å²) in [5.74, 6) is -7.80. The van der Waals surface area contributed by atoms with Crippen LogP contribution in [-0.4, -0.2) is 256 Å². The number of aliphatic imine (C=N–C) groups is 1. The molecule has 14 N–H and O–H groups in total. The van der Waals surface area contributed by atoms with E-state index in [4.69, 9.17) is 5.73 Å². The number of benzene rings is 1. The van der Waals surface area contributed by atoms with E-state index in [0.29, 0.717) is 88.8 Å². The Kier molecular flexibility index (Phi) is 34.0. The molecule has 5 atom stereocenters. The predicted molar refractivity (Wildman–Crippen MR) is 318 cm³/mol. The summed E-state index contributed by atoms with van der Waals surface area (Å²) >= 11 is 0. The molecule has 1 aromatic carbocycles. The van der Waals surface area contributed by atoms with Crippen LogP contribution in [0.1, 0.15) is 132 Å². The van der Waals surface area contributed by atoms with Crippen LogP contribution in [0.3, 0.4) is 0 Å². The molecule has 0 unspecified atom stereocenters. The second-order valence-corrected chi connectivity index (χ2v) is 22.1. The van der Waals surface area contributed by atoms with Crippen LogP contribution in [0.5, 0.6) is 0 Å². The Morgan fingerprint density at radius 1 is 0.621 bits per heavy atom. The van der Waals surface area contributed by atoms with Crippen LogP contribution in [0.4, 0.5) is 0 Å². The van der Waals surface area contributed by atoms with E-state index in [-0.39, 0.29) is 129 Å². The van der Waals surface area contributed by atoms with E-state index < -0.39 is 90.6 Å². The van der Waals surface area contributed by atoms with E-state index in [9.17, 15) is 83.2 Å². The number of aliphatic carboxylic acids is 4. The predicted octanol–water partition coefficient (Wildman–Crippen LogP) is -2.02. The molecule has 0 saturated carbocycles. The van der Waals surface area contributed by atoms with E-state index in [0.717, 1.165) is 5.56 Å². The first-order valence-electron chi connectivity index (χ1n) is 29.9. The zero-order valence-electron chi connectivity index (χ0n) is 50.4. The third kappa shape index (κ3) is 29.7. The first kappa shape index (κ1) is 73.8. The van der Waals surface area contributed by atoms with Gasteiger partial charge in [0, 0.05) is 117 Å². The fourth-order valence-corrected chi connectivity index (χ4v) is 9.90. The highest BCUT2D eigenvalue weighted by atomic mass is 16.4. The van der Waals surface area contributed by atoms with Crippen molar-refractivity contribution in [1.82, 2.24) is 56.4 Å². The van der Waals surface area contributed by atoms with Crippen molar-refractivity contribution in [2.75, 3.05) is 92.6 Å². The molecule has 2 fully saturated rings. The number of carbonyl (C=O) groups is 11. The Balaban J connectivity index is 1.35. The lowest BCUT2D eigenvalue weighted by molar-refractivity contribution is -0.145. The van der Waals surface area contributed by atoms with Gasteiger partial charge in [-0.3, -0.25) is 67.6 Å². The largest absolute Gasteiger partial charge is 0.480 e. The summed E-state index contributed by atoms with van der Waals surface area (Å²) in [6.07, 6.45) is 4.70. The number of nitrogens with zero attached hydrogens (tertiary/aromatic N) is 6. The normalized spacial score (nSPS) is 16.5. The molecule has 87 heavy (non-hydrogen) atoms. The fourth-order valence-electron chi connectivity index (χ4n) is 9.90. The average Bonchev–Trinajstić information content (AvgIpc) is 3.19. The molecule has 31 heteroatoms. The number of unbranched alkanes of at least 4 members (excludes halogenated alkanes) is 4. The maximum atomic E-state index is 13.3. The molecule has 0 bridgehead atoms. The van der Waals surface area contributed by atoms with E-state index in [1.54, 1.807) is 58.0 Å². The first-order chi connectivity index (χ1) is 41.3. The Bertz CT molecular complexity index is 2430. The number of carbonyl (C=O) groups excluding carboxylic acids is 7. The van der Waals surface area contributed by atoms with Crippen LogP contribution in [0.2, 0.25) is 0 Å². The Hall–Kier alpha value is -7.48. The third-order valence-electron chi connectivity index (χ3n) is 14.9. The van der Waals surface area contributed by atoms with E-state index in [1.807, 2.05) is 0 Å². The maximum Gasteiger partial charge on any atom is 0.475 e. The molecular weight excluding hydrogens is 1140 g/mol. The second-order valence-electron chi connectivity index (χ2n) is 22.1. The zero-order chi connectivity index (χ0) is 64.4. The lowest BCUT2D eigenvalue weighted by atomic mass is 9.78. The summed E-state index contributed by atoms with van der Waals surface area (Å²) in [5.41, 5.74) is 6.94. The van der Waals surface area contributed by atoms with Crippen LogP contribution >= 0.6 is 0 Å². The van der Waals surface area contributed by atoms with Crippen LogP contribution in [0.15, 0.2) is 29.3 Å². The smallest absolute Gasteiger partial charge is 0.475 e. The molecule has 30 nitrogen and oxygen atoms in total. The minimum Gasteiger partial charge on any atom is -0.480 e. The summed E-state index contributed by atoms with van der Waals surface area (Å²) in [5, 5.41) is 74.1. The fraction of sp³-hybridized carbons (Fsp3) is 0.679. The minimum atomic E-state index is -1.67. The summed E-state index contributed by atoms with van der Waals surface area (Å²) in [6.45, 7) is 3.60. The summed E-state index contributed by atoms with van der Waals surface area (Å²) in [7, 11) is 1.82. The van der Waals surface area contributed by atoms with Gasteiger partial charge in [0.15, 0.2) is 5.96 Å². The molecule has 2 aliphatic rings. The van der Waals surface area contributed by atoms with Crippen molar-refractivity contribution < 1.29 is 83.2 Å². The lowest BCUT2D eigenvalue weighted by Gasteiger charge is -2.30. The van der Waals surface area contributed by atoms with E-state index >= 15 is 0 Å². The van der Waals surface area contributed by atoms with Crippen LogP contribution in [0, 0.1) is 0 Å². The van der Waals surface area contributed by atoms with Gasteiger partial charge in [0.05, 0.1) is 19.0 Å². The molecule has 3 rings (SSSR count). The van der Waals surface area contributed by atoms with Crippen molar-refractivity contribution >= 4 is 78.3 Å². The summed E-state index contributed by atoms with van der Waals surface area (Å²) < 4.78 is 0. The molecule has 2 aliphatic heterocycles. The number of nitrogens with one attached hydrogen (secondary N) is 6. The molecule has 1 aromatic rings. The highest BCUT2D eigenvalue weighted by molar-refractivity contribution is 6.43. The molecule has 0 radical (unpaired) electrons. The van der Waals surface area contributed by atoms with Gasteiger partial charge < -0.3 is 77.9 Å². The lowest BCUT2D eigenvalue weighted by Crippen LogP contribution is -2.52. The van der Waals surface area contributed by atoms with Gasteiger partial charge in [-0.1, -0.05) is 18.6 Å². The number of likely N-dealkylation sites (tertiary alicyclic amines) is 1.